The molecule has 0 aromatic heterocycles. The summed E-state index contributed by atoms with van der Waals surface area (Å²) < 4.78 is 6.19. The first-order valence-corrected chi connectivity index (χ1v) is 10.8. The molecule has 3 aliphatic heterocycles. The van der Waals surface area contributed by atoms with Crippen LogP contribution in [0.2, 0.25) is 0 Å². The molecule has 0 bridgehead atoms. The fraction of sp³-hybridized carbons (Fsp3) is 0.609. The molecule has 4 rings (SSSR count). The van der Waals surface area contributed by atoms with Gasteiger partial charge in [-0.05, 0) is 31.7 Å². The molecule has 1 aromatic carbocycles. The van der Waals surface area contributed by atoms with Crippen LogP contribution in [0.15, 0.2) is 41.4 Å². The van der Waals surface area contributed by atoms with Gasteiger partial charge in [-0.1, -0.05) is 42.0 Å². The summed E-state index contributed by atoms with van der Waals surface area (Å²) >= 11 is 0. The second-order valence-corrected chi connectivity index (χ2v) is 8.35. The maximum absolute atomic E-state index is 6.19. The second-order valence-electron chi connectivity index (χ2n) is 8.35. The molecule has 5 heteroatoms. The van der Waals surface area contributed by atoms with Crippen molar-refractivity contribution in [3.63, 3.8) is 0 Å². The fourth-order valence-corrected chi connectivity index (χ4v) is 4.76. The van der Waals surface area contributed by atoms with Crippen LogP contribution in [0.4, 0.5) is 0 Å². The Kier molecular flexibility index (Phi) is 6.33. The van der Waals surface area contributed by atoms with Crippen LogP contribution in [0.25, 0.3) is 0 Å². The topological polar surface area (TPSA) is 40.1 Å². The first-order chi connectivity index (χ1) is 13.7. The molecule has 0 spiro atoms. The molecule has 28 heavy (non-hydrogen) atoms. The van der Waals surface area contributed by atoms with Crippen LogP contribution < -0.4 is 5.32 Å². The number of benzene rings is 1. The van der Waals surface area contributed by atoms with Gasteiger partial charge in [-0.3, -0.25) is 9.89 Å². The zero-order valence-electron chi connectivity index (χ0n) is 17.3. The van der Waals surface area contributed by atoms with E-state index in [0.29, 0.717) is 12.0 Å². The lowest BCUT2D eigenvalue weighted by Crippen LogP contribution is -2.45. The van der Waals surface area contributed by atoms with Gasteiger partial charge in [0.2, 0.25) is 0 Å². The van der Waals surface area contributed by atoms with Gasteiger partial charge in [0, 0.05) is 58.3 Å². The number of aryl methyl sites for hydroxylation is 1. The van der Waals surface area contributed by atoms with E-state index in [2.05, 4.69) is 63.5 Å². The SMILES string of the molecule is CN=C(NCC1CCCOC1c1ccc(C)cc1)N1CCC(N2CC=CC2)C1. The molecule has 3 heterocycles. The van der Waals surface area contributed by atoms with E-state index in [0.717, 1.165) is 51.7 Å². The van der Waals surface area contributed by atoms with Crippen molar-refractivity contribution >= 4 is 5.96 Å². The quantitative estimate of drug-likeness (QED) is 0.494. The molecular formula is C23H34N4O. The number of rotatable bonds is 4. The zero-order chi connectivity index (χ0) is 19.3. The van der Waals surface area contributed by atoms with E-state index in [4.69, 9.17) is 4.74 Å². The number of hydrogen-bond acceptors (Lipinski definition) is 3. The minimum atomic E-state index is 0.182. The highest BCUT2D eigenvalue weighted by Crippen LogP contribution is 2.33. The van der Waals surface area contributed by atoms with Crippen LogP contribution in [-0.4, -0.2) is 68.2 Å². The molecule has 0 radical (unpaired) electrons. The van der Waals surface area contributed by atoms with Crippen molar-refractivity contribution in [3.8, 4) is 0 Å². The Hall–Kier alpha value is -1.85. The number of likely N-dealkylation sites (tertiary alicyclic amines) is 1. The van der Waals surface area contributed by atoms with Gasteiger partial charge in [0.1, 0.15) is 0 Å². The Labute approximate surface area is 169 Å². The van der Waals surface area contributed by atoms with E-state index < -0.39 is 0 Å². The van der Waals surface area contributed by atoms with Crippen molar-refractivity contribution < 1.29 is 4.74 Å². The van der Waals surface area contributed by atoms with Crippen molar-refractivity contribution in [1.29, 1.82) is 0 Å². The lowest BCUT2D eigenvalue weighted by molar-refractivity contribution is -0.0266. The normalized spacial score (nSPS) is 28.9. The van der Waals surface area contributed by atoms with E-state index >= 15 is 0 Å². The summed E-state index contributed by atoms with van der Waals surface area (Å²) in [7, 11) is 1.90. The Morgan fingerprint density at radius 2 is 1.96 bits per heavy atom. The van der Waals surface area contributed by atoms with Crippen LogP contribution in [-0.2, 0) is 4.74 Å². The van der Waals surface area contributed by atoms with Crippen molar-refractivity contribution in [1.82, 2.24) is 15.1 Å². The average molecular weight is 383 g/mol. The number of hydrogen-bond donors (Lipinski definition) is 1. The summed E-state index contributed by atoms with van der Waals surface area (Å²) in [6.45, 7) is 8.27. The third-order valence-corrected chi connectivity index (χ3v) is 6.41. The fourth-order valence-electron chi connectivity index (χ4n) is 4.76. The lowest BCUT2D eigenvalue weighted by Gasteiger charge is -2.33. The molecule has 1 N–H and O–H groups in total. The van der Waals surface area contributed by atoms with E-state index in [-0.39, 0.29) is 6.10 Å². The van der Waals surface area contributed by atoms with Gasteiger partial charge < -0.3 is 15.0 Å². The predicted molar refractivity (Wildman–Crippen MR) is 115 cm³/mol. The molecule has 3 atom stereocenters. The summed E-state index contributed by atoms with van der Waals surface area (Å²) in [6, 6.07) is 9.47. The summed E-state index contributed by atoms with van der Waals surface area (Å²) in [5, 5.41) is 3.67. The van der Waals surface area contributed by atoms with Gasteiger partial charge in [0.15, 0.2) is 5.96 Å². The molecule has 0 amide bonds. The van der Waals surface area contributed by atoms with E-state index in [1.807, 2.05) is 7.05 Å². The summed E-state index contributed by atoms with van der Waals surface area (Å²) in [4.78, 5) is 9.57. The van der Waals surface area contributed by atoms with Gasteiger partial charge in [-0.2, -0.15) is 0 Å². The van der Waals surface area contributed by atoms with Gasteiger partial charge >= 0.3 is 0 Å². The first kappa shape index (κ1) is 19.5. The highest BCUT2D eigenvalue weighted by Gasteiger charge is 2.31. The number of nitrogens with zero attached hydrogens (tertiary/aromatic N) is 3. The molecule has 3 unspecified atom stereocenters. The molecule has 5 nitrogen and oxygen atoms in total. The summed E-state index contributed by atoms with van der Waals surface area (Å²) in [6.07, 6.45) is 8.31. The lowest BCUT2D eigenvalue weighted by atomic mass is 9.89. The van der Waals surface area contributed by atoms with Gasteiger partial charge in [-0.25, -0.2) is 0 Å². The summed E-state index contributed by atoms with van der Waals surface area (Å²) in [5.74, 6) is 1.53. The average Bonchev–Trinajstić information content (AvgIpc) is 3.42. The largest absolute Gasteiger partial charge is 0.373 e. The zero-order valence-corrected chi connectivity index (χ0v) is 17.3. The molecule has 152 valence electrons. The molecule has 2 saturated heterocycles. The minimum absolute atomic E-state index is 0.182. The number of ether oxygens (including phenoxy) is 1. The maximum atomic E-state index is 6.19. The highest BCUT2D eigenvalue weighted by molar-refractivity contribution is 5.80. The Balaban J connectivity index is 1.34. The smallest absolute Gasteiger partial charge is 0.193 e. The number of aliphatic imine (C=N–C) groups is 1. The molecule has 0 saturated carbocycles. The van der Waals surface area contributed by atoms with Crippen LogP contribution in [0, 0.1) is 12.8 Å². The van der Waals surface area contributed by atoms with Crippen LogP contribution in [0.1, 0.15) is 36.5 Å². The van der Waals surface area contributed by atoms with Gasteiger partial charge in [0.25, 0.3) is 0 Å². The van der Waals surface area contributed by atoms with Gasteiger partial charge in [-0.15, -0.1) is 0 Å². The minimum Gasteiger partial charge on any atom is -0.373 e. The first-order valence-electron chi connectivity index (χ1n) is 10.8. The van der Waals surface area contributed by atoms with Crippen molar-refractivity contribution in [2.75, 3.05) is 46.4 Å². The Bertz CT molecular complexity index is 691. The van der Waals surface area contributed by atoms with Gasteiger partial charge in [0.05, 0.1) is 6.10 Å². The van der Waals surface area contributed by atoms with Crippen molar-refractivity contribution in [3.05, 3.63) is 47.5 Å². The molecule has 3 aliphatic rings. The van der Waals surface area contributed by atoms with Crippen LogP contribution in [0.5, 0.6) is 0 Å². The van der Waals surface area contributed by atoms with Crippen LogP contribution in [0.3, 0.4) is 0 Å². The monoisotopic (exact) mass is 382 g/mol. The van der Waals surface area contributed by atoms with E-state index in [1.54, 1.807) is 0 Å². The molecule has 1 aromatic rings. The third-order valence-electron chi connectivity index (χ3n) is 6.41. The molecule has 2 fully saturated rings. The highest BCUT2D eigenvalue weighted by atomic mass is 16.5. The Morgan fingerprint density at radius 3 is 2.71 bits per heavy atom. The second kappa shape index (κ2) is 9.10. The molecular weight excluding hydrogens is 348 g/mol. The maximum Gasteiger partial charge on any atom is 0.193 e. The standard InChI is InChI=1S/C23H34N4O/c1-18-7-9-19(10-8-18)22-20(6-5-15-28-22)16-25-23(24-2)27-14-11-21(17-27)26-12-3-4-13-26/h3-4,7-10,20-22H,5-6,11-17H2,1-2H3,(H,24,25). The third kappa shape index (κ3) is 4.41. The predicted octanol–water partition coefficient (Wildman–Crippen LogP) is 2.98. The van der Waals surface area contributed by atoms with Crippen molar-refractivity contribution in [2.24, 2.45) is 10.9 Å². The number of guanidine groups is 1. The van der Waals surface area contributed by atoms with Crippen molar-refractivity contribution in [2.45, 2.75) is 38.3 Å². The molecule has 0 aliphatic carbocycles. The number of nitrogens with one attached hydrogen (secondary N) is 1. The van der Waals surface area contributed by atoms with E-state index in [9.17, 15) is 0 Å². The Morgan fingerprint density at radius 1 is 1.18 bits per heavy atom. The van der Waals surface area contributed by atoms with Crippen LogP contribution >= 0.6 is 0 Å². The summed E-state index contributed by atoms with van der Waals surface area (Å²) in [5.41, 5.74) is 2.60. The van der Waals surface area contributed by atoms with E-state index in [1.165, 1.54) is 24.0 Å².